The average molecular weight is 317 g/mol. The number of nitrogens with one attached hydrogen (secondary N) is 2. The van der Waals surface area contributed by atoms with Crippen molar-refractivity contribution in [2.45, 2.75) is 19.8 Å². The van der Waals surface area contributed by atoms with E-state index in [1.165, 1.54) is 0 Å². The SMILES string of the molecule is CCC(=O)NCCc1nc(-c2ccc3[nH]c(=O)oc3c2)cs1. The lowest BCUT2D eigenvalue weighted by Gasteiger charge is -2.00. The van der Waals surface area contributed by atoms with Gasteiger partial charge in [-0.3, -0.25) is 9.78 Å². The van der Waals surface area contributed by atoms with Gasteiger partial charge in [0.05, 0.1) is 16.2 Å². The van der Waals surface area contributed by atoms with Crippen LogP contribution in [0.15, 0.2) is 32.8 Å². The molecule has 3 rings (SSSR count). The van der Waals surface area contributed by atoms with E-state index in [4.69, 9.17) is 4.42 Å². The molecular formula is C15H15N3O3S. The average Bonchev–Trinajstić information content (AvgIpc) is 3.11. The number of aromatic nitrogens is 2. The maximum absolute atomic E-state index is 11.2. The minimum Gasteiger partial charge on any atom is -0.408 e. The predicted octanol–water partition coefficient (Wildman–Crippen LogP) is 2.31. The summed E-state index contributed by atoms with van der Waals surface area (Å²) in [6, 6.07) is 5.49. The topological polar surface area (TPSA) is 88.0 Å². The van der Waals surface area contributed by atoms with Crippen molar-refractivity contribution in [2.24, 2.45) is 0 Å². The van der Waals surface area contributed by atoms with E-state index >= 15 is 0 Å². The van der Waals surface area contributed by atoms with Gasteiger partial charge in [-0.2, -0.15) is 0 Å². The van der Waals surface area contributed by atoms with Crippen molar-refractivity contribution in [3.05, 3.63) is 39.1 Å². The zero-order valence-corrected chi connectivity index (χ0v) is 12.8. The number of carbonyl (C=O) groups excluding carboxylic acids is 1. The fourth-order valence-electron chi connectivity index (χ4n) is 2.10. The number of oxazole rings is 1. The molecule has 2 aromatic heterocycles. The molecule has 0 aliphatic rings. The molecule has 0 aliphatic heterocycles. The number of H-pyrrole nitrogens is 1. The van der Waals surface area contributed by atoms with Crippen molar-refractivity contribution in [1.29, 1.82) is 0 Å². The van der Waals surface area contributed by atoms with Crippen LogP contribution in [-0.2, 0) is 11.2 Å². The van der Waals surface area contributed by atoms with Crippen molar-refractivity contribution in [3.8, 4) is 11.3 Å². The Morgan fingerprint density at radius 2 is 2.32 bits per heavy atom. The van der Waals surface area contributed by atoms with Gasteiger partial charge in [0.2, 0.25) is 5.91 Å². The minimum absolute atomic E-state index is 0.0460. The fourth-order valence-corrected chi connectivity index (χ4v) is 2.90. The normalized spacial score (nSPS) is 11.0. The molecule has 0 bridgehead atoms. The first-order valence-corrected chi connectivity index (χ1v) is 7.88. The predicted molar refractivity (Wildman–Crippen MR) is 84.9 cm³/mol. The Hall–Kier alpha value is -2.41. The number of aromatic amines is 1. The van der Waals surface area contributed by atoms with Crippen LogP contribution in [0.1, 0.15) is 18.4 Å². The number of carbonyl (C=O) groups is 1. The lowest BCUT2D eigenvalue weighted by atomic mass is 10.1. The van der Waals surface area contributed by atoms with Crippen LogP contribution in [0.4, 0.5) is 0 Å². The number of benzene rings is 1. The number of nitrogens with zero attached hydrogens (tertiary/aromatic N) is 1. The van der Waals surface area contributed by atoms with E-state index in [0.29, 0.717) is 30.5 Å². The van der Waals surface area contributed by atoms with Gasteiger partial charge in [0, 0.05) is 30.3 Å². The summed E-state index contributed by atoms with van der Waals surface area (Å²) in [6.45, 7) is 2.41. The maximum atomic E-state index is 11.2. The molecule has 2 N–H and O–H groups in total. The number of thiazole rings is 1. The second-order valence-corrected chi connectivity index (χ2v) is 5.75. The monoisotopic (exact) mass is 317 g/mol. The Balaban J connectivity index is 1.74. The van der Waals surface area contributed by atoms with E-state index in [-0.39, 0.29) is 5.91 Å². The molecule has 0 atom stereocenters. The first kappa shape index (κ1) is 14.5. The Labute approximate surface area is 130 Å². The molecule has 0 unspecified atom stereocenters. The number of fused-ring (bicyclic) bond motifs is 1. The molecule has 7 heteroatoms. The molecule has 6 nitrogen and oxygen atoms in total. The van der Waals surface area contributed by atoms with E-state index in [2.05, 4.69) is 15.3 Å². The van der Waals surface area contributed by atoms with Gasteiger partial charge in [-0.05, 0) is 12.1 Å². The maximum Gasteiger partial charge on any atom is 0.417 e. The van der Waals surface area contributed by atoms with Gasteiger partial charge >= 0.3 is 5.76 Å². The summed E-state index contributed by atoms with van der Waals surface area (Å²) in [5.41, 5.74) is 2.93. The minimum atomic E-state index is -0.460. The summed E-state index contributed by atoms with van der Waals surface area (Å²) in [5, 5.41) is 5.75. The molecule has 0 radical (unpaired) electrons. The third-order valence-corrected chi connectivity index (χ3v) is 4.16. The van der Waals surface area contributed by atoms with Crippen molar-refractivity contribution in [2.75, 3.05) is 6.54 Å². The summed E-state index contributed by atoms with van der Waals surface area (Å²) in [7, 11) is 0. The molecule has 1 amide bonds. The highest BCUT2D eigenvalue weighted by Crippen LogP contribution is 2.24. The van der Waals surface area contributed by atoms with Crippen molar-refractivity contribution in [1.82, 2.24) is 15.3 Å². The van der Waals surface area contributed by atoms with Crippen LogP contribution in [0.3, 0.4) is 0 Å². The van der Waals surface area contributed by atoms with Gasteiger partial charge < -0.3 is 9.73 Å². The summed E-state index contributed by atoms with van der Waals surface area (Å²) >= 11 is 1.55. The van der Waals surface area contributed by atoms with E-state index in [1.54, 1.807) is 23.5 Å². The number of hydrogen-bond donors (Lipinski definition) is 2. The first-order chi connectivity index (χ1) is 10.7. The fraction of sp³-hybridized carbons (Fsp3) is 0.267. The highest BCUT2D eigenvalue weighted by atomic mass is 32.1. The molecule has 1 aromatic carbocycles. The first-order valence-electron chi connectivity index (χ1n) is 7.00. The van der Waals surface area contributed by atoms with Crippen molar-refractivity contribution >= 4 is 28.3 Å². The van der Waals surface area contributed by atoms with Gasteiger partial charge in [0.1, 0.15) is 0 Å². The Kier molecular flexibility index (Phi) is 4.06. The lowest BCUT2D eigenvalue weighted by molar-refractivity contribution is -0.120. The zero-order valence-electron chi connectivity index (χ0n) is 12.0. The van der Waals surface area contributed by atoms with Crippen LogP contribution < -0.4 is 11.1 Å². The molecular weight excluding hydrogens is 302 g/mol. The van der Waals surface area contributed by atoms with Crippen LogP contribution in [0, 0.1) is 0 Å². The van der Waals surface area contributed by atoms with E-state index in [9.17, 15) is 9.59 Å². The van der Waals surface area contributed by atoms with Crippen LogP contribution in [0.5, 0.6) is 0 Å². The quantitative estimate of drug-likeness (QED) is 0.756. The zero-order chi connectivity index (χ0) is 15.5. The molecule has 2 heterocycles. The number of rotatable bonds is 5. The second-order valence-electron chi connectivity index (χ2n) is 4.81. The summed E-state index contributed by atoms with van der Waals surface area (Å²) in [4.78, 5) is 29.5. The van der Waals surface area contributed by atoms with Crippen LogP contribution >= 0.6 is 11.3 Å². The Morgan fingerprint density at radius 1 is 1.45 bits per heavy atom. The molecule has 3 aromatic rings. The van der Waals surface area contributed by atoms with Gasteiger partial charge in [-0.25, -0.2) is 9.78 Å². The van der Waals surface area contributed by atoms with E-state index < -0.39 is 5.76 Å². The molecule has 0 saturated heterocycles. The molecule has 0 fully saturated rings. The Morgan fingerprint density at radius 3 is 3.14 bits per heavy atom. The van der Waals surface area contributed by atoms with Gasteiger partial charge in [0.25, 0.3) is 0 Å². The van der Waals surface area contributed by atoms with Gasteiger partial charge in [-0.1, -0.05) is 13.0 Å². The van der Waals surface area contributed by atoms with Gasteiger partial charge in [0.15, 0.2) is 5.58 Å². The van der Waals surface area contributed by atoms with E-state index in [1.807, 2.05) is 18.4 Å². The lowest BCUT2D eigenvalue weighted by Crippen LogP contribution is -2.24. The van der Waals surface area contributed by atoms with E-state index in [0.717, 1.165) is 16.3 Å². The van der Waals surface area contributed by atoms with Crippen molar-refractivity contribution < 1.29 is 9.21 Å². The summed E-state index contributed by atoms with van der Waals surface area (Å²) in [6.07, 6.45) is 1.20. The third-order valence-electron chi connectivity index (χ3n) is 3.25. The van der Waals surface area contributed by atoms with Crippen LogP contribution in [-0.4, -0.2) is 22.4 Å². The van der Waals surface area contributed by atoms with Crippen LogP contribution in [0.2, 0.25) is 0 Å². The second kappa shape index (κ2) is 6.15. The number of hydrogen-bond acceptors (Lipinski definition) is 5. The highest BCUT2D eigenvalue weighted by Gasteiger charge is 2.08. The summed E-state index contributed by atoms with van der Waals surface area (Å²) in [5.74, 6) is -0.414. The molecule has 0 aliphatic carbocycles. The van der Waals surface area contributed by atoms with Crippen molar-refractivity contribution in [3.63, 3.8) is 0 Å². The molecule has 114 valence electrons. The summed E-state index contributed by atoms with van der Waals surface area (Å²) < 4.78 is 5.06. The Bertz CT molecular complexity index is 862. The standard InChI is InChI=1S/C15H15N3O3S/c1-2-13(19)16-6-5-14-17-11(8-22-14)9-3-4-10-12(7-9)21-15(20)18-10/h3-4,7-8H,2,5-6H2,1H3,(H,16,19)(H,18,20). The number of amides is 1. The molecule has 0 saturated carbocycles. The van der Waals surface area contributed by atoms with Gasteiger partial charge in [-0.15, -0.1) is 11.3 Å². The highest BCUT2D eigenvalue weighted by molar-refractivity contribution is 7.09. The third kappa shape index (κ3) is 3.09. The smallest absolute Gasteiger partial charge is 0.408 e. The molecule has 0 spiro atoms. The largest absolute Gasteiger partial charge is 0.417 e. The van der Waals surface area contributed by atoms with Crippen LogP contribution in [0.25, 0.3) is 22.4 Å². The molecule has 22 heavy (non-hydrogen) atoms.